The van der Waals surface area contributed by atoms with Gasteiger partial charge in [-0.15, -0.1) is 34.0 Å². The first-order chi connectivity index (χ1) is 11.9. The normalized spacial score (nSPS) is 11.6. The maximum Gasteiger partial charge on any atom is 0.250 e. The molecule has 6 nitrogen and oxygen atoms in total. The molecular formula is C15H15N3O3S4. The van der Waals surface area contributed by atoms with Gasteiger partial charge in [0.05, 0.1) is 10.6 Å². The standard InChI is InChI=1S/C15H15N3O3S4/c1-10-4-5-12(24-10)11-9-23-15(17-11)18-13(19)6-7-16-25(20,21)14-3-2-8-22-14/h2-5,8-9,16H,6-7H2,1H3,(H,17,18,19). The zero-order chi connectivity index (χ0) is 17.9. The third-order valence-corrected chi connectivity index (χ3v) is 7.79. The number of hydrogen-bond acceptors (Lipinski definition) is 7. The van der Waals surface area contributed by atoms with Crippen molar-refractivity contribution in [3.05, 3.63) is 39.9 Å². The molecule has 3 aromatic heterocycles. The summed E-state index contributed by atoms with van der Waals surface area (Å²) in [6.07, 6.45) is 0.0393. The molecule has 0 aliphatic carbocycles. The molecule has 132 valence electrons. The van der Waals surface area contributed by atoms with Gasteiger partial charge >= 0.3 is 0 Å². The Morgan fingerprint density at radius 1 is 1.24 bits per heavy atom. The first-order valence-electron chi connectivity index (χ1n) is 7.29. The van der Waals surface area contributed by atoms with Crippen LogP contribution in [0, 0.1) is 6.92 Å². The fourth-order valence-corrected chi connectivity index (χ4v) is 5.68. The minimum Gasteiger partial charge on any atom is -0.302 e. The van der Waals surface area contributed by atoms with E-state index in [4.69, 9.17) is 0 Å². The van der Waals surface area contributed by atoms with E-state index in [1.807, 2.05) is 24.4 Å². The Hall–Kier alpha value is -1.59. The molecule has 0 aromatic carbocycles. The Kier molecular flexibility index (Phi) is 5.64. The lowest BCUT2D eigenvalue weighted by atomic mass is 10.4. The molecule has 0 aliphatic rings. The number of aryl methyl sites for hydroxylation is 1. The van der Waals surface area contributed by atoms with E-state index >= 15 is 0 Å². The summed E-state index contributed by atoms with van der Waals surface area (Å²) in [5.74, 6) is -0.280. The van der Waals surface area contributed by atoms with Crippen molar-refractivity contribution in [1.82, 2.24) is 9.71 Å². The second-order valence-electron chi connectivity index (χ2n) is 5.08. The second-order valence-corrected chi connectivity index (χ2v) is 10.2. The Balaban J connectivity index is 1.51. The summed E-state index contributed by atoms with van der Waals surface area (Å²) in [5.41, 5.74) is 0.830. The number of sulfonamides is 1. The van der Waals surface area contributed by atoms with Crippen LogP contribution in [0.15, 0.2) is 39.2 Å². The lowest BCUT2D eigenvalue weighted by Gasteiger charge is -2.04. The number of carbonyl (C=O) groups is 1. The van der Waals surface area contributed by atoms with Gasteiger partial charge in [0, 0.05) is 23.2 Å². The molecule has 25 heavy (non-hydrogen) atoms. The topological polar surface area (TPSA) is 88.2 Å². The van der Waals surface area contributed by atoms with E-state index in [0.717, 1.165) is 21.9 Å². The SMILES string of the molecule is Cc1ccc(-c2csc(NC(=O)CCNS(=O)(=O)c3cccs3)n2)s1. The second kappa shape index (κ2) is 7.75. The van der Waals surface area contributed by atoms with Crippen molar-refractivity contribution < 1.29 is 13.2 Å². The number of aromatic nitrogens is 1. The van der Waals surface area contributed by atoms with E-state index in [1.165, 1.54) is 22.3 Å². The molecule has 0 aliphatic heterocycles. The highest BCUT2D eigenvalue weighted by Crippen LogP contribution is 2.30. The van der Waals surface area contributed by atoms with Crippen LogP contribution in [0.3, 0.4) is 0 Å². The summed E-state index contributed by atoms with van der Waals surface area (Å²) in [7, 11) is -3.54. The summed E-state index contributed by atoms with van der Waals surface area (Å²) < 4.78 is 26.6. The molecule has 0 saturated heterocycles. The Morgan fingerprint density at radius 3 is 2.76 bits per heavy atom. The van der Waals surface area contributed by atoms with Crippen LogP contribution >= 0.6 is 34.0 Å². The number of thiazole rings is 1. The minimum atomic E-state index is -3.54. The highest BCUT2D eigenvalue weighted by Gasteiger charge is 2.15. The first kappa shape index (κ1) is 18.2. The van der Waals surface area contributed by atoms with E-state index in [0.29, 0.717) is 5.13 Å². The van der Waals surface area contributed by atoms with Gasteiger partial charge in [-0.1, -0.05) is 6.07 Å². The van der Waals surface area contributed by atoms with Gasteiger partial charge in [-0.3, -0.25) is 4.79 Å². The molecule has 0 spiro atoms. The predicted molar refractivity (Wildman–Crippen MR) is 103 cm³/mol. The quantitative estimate of drug-likeness (QED) is 0.620. The maximum absolute atomic E-state index is 12.0. The minimum absolute atomic E-state index is 0.0361. The van der Waals surface area contributed by atoms with Crippen LogP contribution in [0.4, 0.5) is 5.13 Å². The molecule has 3 aromatic rings. The predicted octanol–water partition coefficient (Wildman–Crippen LogP) is 3.55. The van der Waals surface area contributed by atoms with Gasteiger partial charge in [-0.25, -0.2) is 18.1 Å². The van der Waals surface area contributed by atoms with Crippen molar-refractivity contribution in [3.63, 3.8) is 0 Å². The van der Waals surface area contributed by atoms with Crippen molar-refractivity contribution in [3.8, 4) is 10.6 Å². The third-order valence-electron chi connectivity index (χ3n) is 3.15. The van der Waals surface area contributed by atoms with Crippen LogP contribution in [-0.4, -0.2) is 25.9 Å². The van der Waals surface area contributed by atoms with Gasteiger partial charge in [-0.2, -0.15) is 0 Å². The van der Waals surface area contributed by atoms with Gasteiger partial charge in [0.2, 0.25) is 15.9 Å². The van der Waals surface area contributed by atoms with Crippen molar-refractivity contribution in [2.45, 2.75) is 17.6 Å². The number of nitrogens with one attached hydrogen (secondary N) is 2. The molecule has 0 fully saturated rings. The number of amides is 1. The van der Waals surface area contributed by atoms with E-state index in [2.05, 4.69) is 15.0 Å². The number of thiophene rings is 2. The van der Waals surface area contributed by atoms with Crippen molar-refractivity contribution >= 4 is 55.1 Å². The molecular weight excluding hydrogens is 398 g/mol. The Labute approximate surface area is 157 Å². The average Bonchev–Trinajstić information content (AvgIpc) is 3.27. The molecule has 0 atom stereocenters. The summed E-state index contributed by atoms with van der Waals surface area (Å²) in [6, 6.07) is 7.22. The van der Waals surface area contributed by atoms with Gasteiger partial charge in [0.25, 0.3) is 0 Å². The fraction of sp³-hybridized carbons (Fsp3) is 0.200. The molecule has 10 heteroatoms. The first-order valence-corrected chi connectivity index (χ1v) is 11.4. The smallest absolute Gasteiger partial charge is 0.250 e. The third kappa shape index (κ3) is 4.73. The highest BCUT2D eigenvalue weighted by molar-refractivity contribution is 7.91. The number of hydrogen-bond donors (Lipinski definition) is 2. The van der Waals surface area contributed by atoms with E-state index in [-0.39, 0.29) is 23.1 Å². The van der Waals surface area contributed by atoms with Crippen LogP contribution in [0.1, 0.15) is 11.3 Å². The molecule has 0 bridgehead atoms. The number of carbonyl (C=O) groups excluding carboxylic acids is 1. The number of nitrogens with zero attached hydrogens (tertiary/aromatic N) is 1. The van der Waals surface area contributed by atoms with Gasteiger partial charge in [0.15, 0.2) is 5.13 Å². The van der Waals surface area contributed by atoms with Crippen LogP contribution in [0.2, 0.25) is 0 Å². The monoisotopic (exact) mass is 413 g/mol. The highest BCUT2D eigenvalue weighted by atomic mass is 32.2. The molecule has 3 rings (SSSR count). The molecule has 1 amide bonds. The van der Waals surface area contributed by atoms with E-state index in [9.17, 15) is 13.2 Å². The van der Waals surface area contributed by atoms with Crippen LogP contribution in [0.25, 0.3) is 10.6 Å². The molecule has 0 radical (unpaired) electrons. The van der Waals surface area contributed by atoms with E-state index in [1.54, 1.807) is 22.8 Å². The molecule has 0 unspecified atom stereocenters. The van der Waals surface area contributed by atoms with Crippen LogP contribution in [-0.2, 0) is 14.8 Å². The lowest BCUT2D eigenvalue weighted by Crippen LogP contribution is -2.27. The average molecular weight is 414 g/mol. The summed E-state index contributed by atoms with van der Waals surface area (Å²) in [4.78, 5) is 18.6. The number of anilines is 1. The Bertz CT molecular complexity index is 958. The van der Waals surface area contributed by atoms with Crippen LogP contribution in [0.5, 0.6) is 0 Å². The maximum atomic E-state index is 12.0. The number of rotatable bonds is 7. The largest absolute Gasteiger partial charge is 0.302 e. The molecule has 3 heterocycles. The van der Waals surface area contributed by atoms with E-state index < -0.39 is 10.0 Å². The fourth-order valence-electron chi connectivity index (χ4n) is 1.98. The van der Waals surface area contributed by atoms with Gasteiger partial charge < -0.3 is 5.32 Å². The zero-order valence-electron chi connectivity index (χ0n) is 13.2. The van der Waals surface area contributed by atoms with Gasteiger partial charge in [-0.05, 0) is 30.5 Å². The van der Waals surface area contributed by atoms with Crippen molar-refractivity contribution in [2.24, 2.45) is 0 Å². The van der Waals surface area contributed by atoms with Crippen molar-refractivity contribution in [2.75, 3.05) is 11.9 Å². The summed E-state index contributed by atoms with van der Waals surface area (Å²) in [5, 5.41) is 6.79. The Morgan fingerprint density at radius 2 is 2.08 bits per heavy atom. The summed E-state index contributed by atoms with van der Waals surface area (Å²) in [6.45, 7) is 2.06. The lowest BCUT2D eigenvalue weighted by molar-refractivity contribution is -0.116. The zero-order valence-corrected chi connectivity index (χ0v) is 16.4. The molecule has 0 saturated carbocycles. The molecule has 2 N–H and O–H groups in total. The van der Waals surface area contributed by atoms with Gasteiger partial charge in [0.1, 0.15) is 4.21 Å². The van der Waals surface area contributed by atoms with Crippen LogP contribution < -0.4 is 10.0 Å². The van der Waals surface area contributed by atoms with Crippen molar-refractivity contribution in [1.29, 1.82) is 0 Å². The summed E-state index contributed by atoms with van der Waals surface area (Å²) >= 11 is 4.12.